The van der Waals surface area contributed by atoms with Crippen molar-refractivity contribution in [2.45, 2.75) is 25.7 Å². The van der Waals surface area contributed by atoms with E-state index in [2.05, 4.69) is 25.5 Å². The summed E-state index contributed by atoms with van der Waals surface area (Å²) in [7, 11) is -3.96. The fraction of sp³-hybridized carbons (Fsp3) is 0.158. The van der Waals surface area contributed by atoms with E-state index in [0.29, 0.717) is 5.69 Å². The highest BCUT2D eigenvalue weighted by molar-refractivity contribution is 7.89. The van der Waals surface area contributed by atoms with Crippen molar-refractivity contribution in [2.24, 2.45) is 0 Å². The van der Waals surface area contributed by atoms with Crippen molar-refractivity contribution in [1.29, 1.82) is 0 Å². The zero-order valence-corrected chi connectivity index (χ0v) is 17.3. The number of nitrogens with zero attached hydrogens (tertiary/aromatic N) is 3. The number of aromatic nitrogens is 2. The molecular weight excluding hydrogens is 408 g/mol. The van der Waals surface area contributed by atoms with Gasteiger partial charge in [0.15, 0.2) is 0 Å². The van der Waals surface area contributed by atoms with E-state index in [1.54, 1.807) is 18.2 Å². The van der Waals surface area contributed by atoms with Crippen molar-refractivity contribution in [2.75, 3.05) is 10.7 Å². The molecule has 0 aliphatic carbocycles. The predicted octanol–water partition coefficient (Wildman–Crippen LogP) is 3.36. The Hall–Kier alpha value is -3.57. The van der Waals surface area contributed by atoms with Gasteiger partial charge in [0, 0.05) is 5.69 Å². The summed E-state index contributed by atoms with van der Waals surface area (Å²) in [5.41, 5.74) is 5.40. The summed E-state index contributed by atoms with van der Waals surface area (Å²) in [4.78, 5) is 20.8. The van der Waals surface area contributed by atoms with Crippen LogP contribution in [0.2, 0.25) is 0 Å². The zero-order chi connectivity index (χ0) is 21.9. The number of hydrogen-bond donors (Lipinski definition) is 3. The van der Waals surface area contributed by atoms with Gasteiger partial charge >= 0.3 is 5.69 Å². The smallest absolute Gasteiger partial charge is 0.334 e. The standard InChI is InChI=1S/C19H20N6O4S/c1-12-4-8-16(9-5-12)30(28,29)24-23-19-17(25(26)27)18(20-11-21-19)22-15-7-6-13(2)14(3)10-15/h4-11,24H,1-3H3,(H2,20,21,22,23). The first-order valence-electron chi connectivity index (χ1n) is 8.85. The van der Waals surface area contributed by atoms with E-state index < -0.39 is 20.6 Å². The van der Waals surface area contributed by atoms with Crippen LogP contribution in [0.15, 0.2) is 53.7 Å². The van der Waals surface area contributed by atoms with Gasteiger partial charge in [0.05, 0.1) is 9.82 Å². The van der Waals surface area contributed by atoms with E-state index in [-0.39, 0.29) is 16.5 Å². The average Bonchev–Trinajstić information content (AvgIpc) is 2.69. The molecule has 2 aromatic carbocycles. The van der Waals surface area contributed by atoms with Gasteiger partial charge in [0.1, 0.15) is 6.33 Å². The highest BCUT2D eigenvalue weighted by Crippen LogP contribution is 2.31. The highest BCUT2D eigenvalue weighted by Gasteiger charge is 2.25. The number of rotatable bonds is 7. The van der Waals surface area contributed by atoms with E-state index in [1.165, 1.54) is 12.1 Å². The normalized spacial score (nSPS) is 11.2. The van der Waals surface area contributed by atoms with Crippen LogP contribution in [0.3, 0.4) is 0 Å². The molecule has 0 amide bonds. The number of nitro groups is 1. The molecule has 0 radical (unpaired) electrons. The maximum absolute atomic E-state index is 12.4. The minimum Gasteiger partial charge on any atom is -0.334 e. The molecule has 0 saturated carbocycles. The molecule has 0 spiro atoms. The van der Waals surface area contributed by atoms with Gasteiger partial charge in [-0.3, -0.25) is 15.5 Å². The fourth-order valence-corrected chi connectivity index (χ4v) is 3.43. The molecule has 3 rings (SSSR count). The van der Waals surface area contributed by atoms with Crippen LogP contribution in [0.25, 0.3) is 0 Å². The van der Waals surface area contributed by atoms with Gasteiger partial charge in [-0.05, 0) is 56.2 Å². The molecule has 0 aliphatic heterocycles. The van der Waals surface area contributed by atoms with Crippen molar-refractivity contribution in [3.05, 3.63) is 75.6 Å². The molecule has 0 bridgehead atoms. The number of anilines is 3. The third-order valence-electron chi connectivity index (χ3n) is 4.41. The van der Waals surface area contributed by atoms with E-state index in [0.717, 1.165) is 23.0 Å². The monoisotopic (exact) mass is 428 g/mol. The van der Waals surface area contributed by atoms with Crippen LogP contribution in [0.1, 0.15) is 16.7 Å². The lowest BCUT2D eigenvalue weighted by atomic mass is 10.1. The second-order valence-electron chi connectivity index (χ2n) is 6.64. The molecule has 0 saturated heterocycles. The number of hydrogen-bond acceptors (Lipinski definition) is 8. The van der Waals surface area contributed by atoms with Gasteiger partial charge in [-0.25, -0.2) is 18.4 Å². The van der Waals surface area contributed by atoms with E-state index >= 15 is 0 Å². The molecule has 11 heteroatoms. The molecule has 0 fully saturated rings. The van der Waals surface area contributed by atoms with Crippen LogP contribution in [0.4, 0.5) is 23.0 Å². The summed E-state index contributed by atoms with van der Waals surface area (Å²) < 4.78 is 24.9. The Kier molecular flexibility index (Phi) is 5.94. The molecule has 0 aliphatic rings. The molecule has 3 N–H and O–H groups in total. The molecule has 10 nitrogen and oxygen atoms in total. The van der Waals surface area contributed by atoms with E-state index in [4.69, 9.17) is 0 Å². The fourth-order valence-electron chi connectivity index (χ4n) is 2.58. The third kappa shape index (κ3) is 4.70. The molecule has 30 heavy (non-hydrogen) atoms. The van der Waals surface area contributed by atoms with Crippen molar-refractivity contribution in [3.8, 4) is 0 Å². The van der Waals surface area contributed by atoms with E-state index in [9.17, 15) is 18.5 Å². The van der Waals surface area contributed by atoms with Crippen LogP contribution < -0.4 is 15.6 Å². The van der Waals surface area contributed by atoms with Gasteiger partial charge in [0.25, 0.3) is 10.0 Å². The molecule has 3 aromatic rings. The number of nitrogens with one attached hydrogen (secondary N) is 3. The third-order valence-corrected chi connectivity index (χ3v) is 5.67. The maximum Gasteiger partial charge on any atom is 0.354 e. The molecule has 0 atom stereocenters. The second-order valence-corrected chi connectivity index (χ2v) is 8.33. The molecule has 1 aromatic heterocycles. The van der Waals surface area contributed by atoms with Crippen molar-refractivity contribution >= 4 is 33.0 Å². The summed E-state index contributed by atoms with van der Waals surface area (Å²) in [6.07, 6.45) is 1.10. The Balaban J connectivity index is 1.88. The number of aryl methyl sites for hydroxylation is 3. The SMILES string of the molecule is Cc1ccc(S(=O)(=O)NNc2ncnc(Nc3ccc(C)c(C)c3)c2[N+](=O)[O-])cc1. The average molecular weight is 428 g/mol. The predicted molar refractivity (Wildman–Crippen MR) is 113 cm³/mol. The summed E-state index contributed by atoms with van der Waals surface area (Å²) in [6, 6.07) is 11.6. The first kappa shape index (κ1) is 21.1. The molecular formula is C19H20N6O4S. The molecule has 156 valence electrons. The van der Waals surface area contributed by atoms with E-state index in [1.807, 2.05) is 32.9 Å². The maximum atomic E-state index is 12.4. The van der Waals surface area contributed by atoms with Gasteiger partial charge in [0.2, 0.25) is 11.6 Å². The summed E-state index contributed by atoms with van der Waals surface area (Å²) >= 11 is 0. The Labute approximate surface area is 173 Å². The van der Waals surface area contributed by atoms with Crippen molar-refractivity contribution in [1.82, 2.24) is 14.8 Å². The lowest BCUT2D eigenvalue weighted by Crippen LogP contribution is -2.30. The van der Waals surface area contributed by atoms with Gasteiger partial charge in [-0.2, -0.15) is 0 Å². The minimum absolute atomic E-state index is 0.00536. The first-order valence-corrected chi connectivity index (χ1v) is 10.3. The second kappa shape index (κ2) is 8.43. The lowest BCUT2D eigenvalue weighted by Gasteiger charge is -2.12. The zero-order valence-electron chi connectivity index (χ0n) is 16.5. The number of sulfonamides is 1. The number of benzene rings is 2. The molecule has 0 unspecified atom stereocenters. The summed E-state index contributed by atoms with van der Waals surface area (Å²) in [5, 5.41) is 14.5. The summed E-state index contributed by atoms with van der Waals surface area (Å²) in [6.45, 7) is 5.70. The van der Waals surface area contributed by atoms with Crippen LogP contribution in [0, 0.1) is 30.9 Å². The largest absolute Gasteiger partial charge is 0.354 e. The molecule has 1 heterocycles. The van der Waals surface area contributed by atoms with Crippen LogP contribution in [-0.2, 0) is 10.0 Å². The van der Waals surface area contributed by atoms with Gasteiger partial charge in [-0.15, -0.1) is 4.83 Å². The lowest BCUT2D eigenvalue weighted by molar-refractivity contribution is -0.383. The van der Waals surface area contributed by atoms with Crippen LogP contribution >= 0.6 is 0 Å². The van der Waals surface area contributed by atoms with Crippen LogP contribution in [-0.4, -0.2) is 23.3 Å². The Morgan fingerprint density at radius 1 is 0.933 bits per heavy atom. The minimum atomic E-state index is -3.96. The quantitative estimate of drug-likeness (QED) is 0.384. The topological polar surface area (TPSA) is 139 Å². The highest BCUT2D eigenvalue weighted by atomic mass is 32.2. The van der Waals surface area contributed by atoms with Gasteiger partial charge < -0.3 is 5.32 Å². The van der Waals surface area contributed by atoms with Crippen molar-refractivity contribution < 1.29 is 13.3 Å². The van der Waals surface area contributed by atoms with Crippen LogP contribution in [0.5, 0.6) is 0 Å². The van der Waals surface area contributed by atoms with Crippen molar-refractivity contribution in [3.63, 3.8) is 0 Å². The van der Waals surface area contributed by atoms with Gasteiger partial charge in [-0.1, -0.05) is 23.8 Å². The first-order chi connectivity index (χ1) is 14.2. The Morgan fingerprint density at radius 2 is 1.60 bits per heavy atom. The Morgan fingerprint density at radius 3 is 2.23 bits per heavy atom. The number of hydrazine groups is 1. The summed E-state index contributed by atoms with van der Waals surface area (Å²) in [5.74, 6) is -0.368. The Bertz CT molecular complexity index is 1200.